The van der Waals surface area contributed by atoms with E-state index in [1.165, 1.54) is 0 Å². The van der Waals surface area contributed by atoms with Gasteiger partial charge in [-0.1, -0.05) is 55.8 Å². The minimum atomic E-state index is -0.412. The Labute approximate surface area is 236 Å². The highest BCUT2D eigenvalue weighted by Gasteiger charge is 2.22. The zero-order chi connectivity index (χ0) is 27.9. The summed E-state index contributed by atoms with van der Waals surface area (Å²) in [4.78, 5) is 6.72. The molecule has 0 atom stereocenters. The van der Waals surface area contributed by atoms with E-state index in [-0.39, 0.29) is 0 Å². The molecule has 0 radical (unpaired) electrons. The Kier molecular flexibility index (Phi) is 9.01. The number of fused-ring (bicyclic) bond motifs is 1. The van der Waals surface area contributed by atoms with Crippen molar-refractivity contribution in [2.24, 2.45) is 0 Å². The van der Waals surface area contributed by atoms with Crippen LogP contribution in [-0.4, -0.2) is 34.3 Å². The molecule has 3 aromatic carbocycles. The van der Waals surface area contributed by atoms with Gasteiger partial charge in [-0.25, -0.2) is 0 Å². The molecule has 1 aliphatic heterocycles. The summed E-state index contributed by atoms with van der Waals surface area (Å²) in [5, 5.41) is 0. The van der Waals surface area contributed by atoms with E-state index in [1.54, 1.807) is 0 Å². The number of imidazole rings is 1. The standard InChI is InChI=1S/C33H38FN3O3/c1-4-6-16-37-29(32(34)35-33(37)28-13-8-7-10-24(28)3)23-36(21-25-11-9-12-27(19-25)38-5-2)22-26-14-15-30-31(20-26)40-18-17-39-30/h7-15,19-20H,4-6,16-18,21-23H2,1-3H3. The zero-order valence-corrected chi connectivity index (χ0v) is 23.7. The van der Waals surface area contributed by atoms with Crippen molar-refractivity contribution in [3.05, 3.63) is 95.1 Å². The van der Waals surface area contributed by atoms with Crippen molar-refractivity contribution in [2.75, 3.05) is 19.8 Å². The van der Waals surface area contributed by atoms with Crippen LogP contribution in [0.5, 0.6) is 17.2 Å². The second-order valence-corrected chi connectivity index (χ2v) is 10.2. The monoisotopic (exact) mass is 543 g/mol. The molecule has 1 aromatic heterocycles. The first-order chi connectivity index (χ1) is 19.6. The van der Waals surface area contributed by atoms with Gasteiger partial charge in [0.25, 0.3) is 0 Å². The van der Waals surface area contributed by atoms with E-state index < -0.39 is 5.95 Å². The second-order valence-electron chi connectivity index (χ2n) is 10.2. The van der Waals surface area contributed by atoms with Crippen molar-refractivity contribution in [2.45, 2.75) is 59.8 Å². The largest absolute Gasteiger partial charge is 0.494 e. The van der Waals surface area contributed by atoms with Gasteiger partial charge < -0.3 is 18.8 Å². The summed E-state index contributed by atoms with van der Waals surface area (Å²) in [7, 11) is 0. The van der Waals surface area contributed by atoms with Gasteiger partial charge in [-0.3, -0.25) is 4.90 Å². The number of rotatable bonds is 12. The van der Waals surface area contributed by atoms with Crippen molar-refractivity contribution in [3.8, 4) is 28.6 Å². The number of unbranched alkanes of at least 4 members (excludes halogenated alkanes) is 1. The quantitative estimate of drug-likeness (QED) is 0.190. The predicted octanol–water partition coefficient (Wildman–Crippen LogP) is 7.17. The Hall–Kier alpha value is -3.84. The molecule has 0 saturated heterocycles. The number of hydrogen-bond acceptors (Lipinski definition) is 5. The molecule has 0 bridgehead atoms. The van der Waals surface area contributed by atoms with E-state index in [9.17, 15) is 0 Å². The Morgan fingerprint density at radius 2 is 1.68 bits per heavy atom. The highest BCUT2D eigenvalue weighted by molar-refractivity contribution is 5.61. The van der Waals surface area contributed by atoms with Gasteiger partial charge in [0.1, 0.15) is 24.8 Å². The van der Waals surface area contributed by atoms with Gasteiger partial charge in [0.2, 0.25) is 5.95 Å². The number of ether oxygens (including phenoxy) is 3. The number of aryl methyl sites for hydroxylation is 1. The van der Waals surface area contributed by atoms with Gasteiger partial charge in [-0.2, -0.15) is 9.37 Å². The maximum atomic E-state index is 15.7. The molecule has 2 heterocycles. The van der Waals surface area contributed by atoms with Crippen LogP contribution in [0.15, 0.2) is 66.7 Å². The molecule has 7 heteroatoms. The molecule has 0 saturated carbocycles. The molecule has 1 aliphatic rings. The first-order valence-electron chi connectivity index (χ1n) is 14.2. The summed E-state index contributed by atoms with van der Waals surface area (Å²) in [6.07, 6.45) is 1.96. The normalized spacial score (nSPS) is 12.6. The van der Waals surface area contributed by atoms with Crippen LogP contribution < -0.4 is 14.2 Å². The van der Waals surface area contributed by atoms with E-state index in [4.69, 9.17) is 14.2 Å². The van der Waals surface area contributed by atoms with Gasteiger partial charge >= 0.3 is 0 Å². The van der Waals surface area contributed by atoms with Gasteiger partial charge in [0.05, 0.1) is 12.3 Å². The molecule has 0 fully saturated rings. The lowest BCUT2D eigenvalue weighted by Crippen LogP contribution is -2.25. The minimum Gasteiger partial charge on any atom is -0.494 e. The van der Waals surface area contributed by atoms with Crippen LogP contribution >= 0.6 is 0 Å². The van der Waals surface area contributed by atoms with E-state index in [1.807, 2.05) is 62.4 Å². The van der Waals surface area contributed by atoms with Gasteiger partial charge in [-0.15, -0.1) is 0 Å². The van der Waals surface area contributed by atoms with Crippen LogP contribution in [0.1, 0.15) is 49.1 Å². The molecule has 40 heavy (non-hydrogen) atoms. The Morgan fingerprint density at radius 1 is 0.900 bits per heavy atom. The van der Waals surface area contributed by atoms with E-state index in [0.717, 1.165) is 52.3 Å². The van der Waals surface area contributed by atoms with Crippen LogP contribution in [0, 0.1) is 12.9 Å². The van der Waals surface area contributed by atoms with Crippen LogP contribution in [0.4, 0.5) is 4.39 Å². The van der Waals surface area contributed by atoms with Crippen molar-refractivity contribution in [1.82, 2.24) is 14.5 Å². The molecular weight excluding hydrogens is 505 g/mol. The fraction of sp³-hybridized carbons (Fsp3) is 0.364. The van der Waals surface area contributed by atoms with E-state index in [2.05, 4.69) is 39.6 Å². The smallest absolute Gasteiger partial charge is 0.235 e. The second kappa shape index (κ2) is 13.0. The molecule has 6 nitrogen and oxygen atoms in total. The lowest BCUT2D eigenvalue weighted by atomic mass is 10.1. The number of aromatic nitrogens is 2. The first kappa shape index (κ1) is 27.7. The average Bonchev–Trinajstić information content (AvgIpc) is 3.26. The zero-order valence-electron chi connectivity index (χ0n) is 23.7. The van der Waals surface area contributed by atoms with Gasteiger partial charge in [0, 0.05) is 31.7 Å². The summed E-state index contributed by atoms with van der Waals surface area (Å²) in [5.41, 5.74) is 4.82. The summed E-state index contributed by atoms with van der Waals surface area (Å²) in [5.74, 6) is 2.63. The maximum absolute atomic E-state index is 15.7. The number of hydrogen-bond donors (Lipinski definition) is 0. The molecule has 210 valence electrons. The van der Waals surface area contributed by atoms with Crippen LogP contribution in [0.3, 0.4) is 0 Å². The SMILES string of the molecule is CCCCn1c(-c2ccccc2C)nc(F)c1CN(Cc1cccc(OCC)c1)Cc1ccc2c(c1)OCCO2. The molecule has 0 amide bonds. The van der Waals surface area contributed by atoms with Crippen molar-refractivity contribution < 1.29 is 18.6 Å². The fourth-order valence-corrected chi connectivity index (χ4v) is 5.18. The Morgan fingerprint density at radius 3 is 2.45 bits per heavy atom. The maximum Gasteiger partial charge on any atom is 0.235 e. The van der Waals surface area contributed by atoms with E-state index in [0.29, 0.717) is 57.5 Å². The number of benzene rings is 3. The fourth-order valence-electron chi connectivity index (χ4n) is 5.18. The Bertz CT molecular complexity index is 1430. The average molecular weight is 544 g/mol. The number of nitrogens with zero attached hydrogens (tertiary/aromatic N) is 3. The highest BCUT2D eigenvalue weighted by atomic mass is 19.1. The molecule has 4 aromatic rings. The van der Waals surface area contributed by atoms with Crippen molar-refractivity contribution in [1.29, 1.82) is 0 Å². The minimum absolute atomic E-state index is 0.404. The molecule has 5 rings (SSSR count). The molecule has 0 N–H and O–H groups in total. The third kappa shape index (κ3) is 6.48. The van der Waals surface area contributed by atoms with Crippen LogP contribution in [0.25, 0.3) is 11.4 Å². The molecule has 0 unspecified atom stereocenters. The molecule has 0 spiro atoms. The number of halogens is 1. The summed E-state index contributed by atoms with van der Waals surface area (Å²) < 4.78 is 35.1. The lowest BCUT2D eigenvalue weighted by Gasteiger charge is -2.25. The predicted molar refractivity (Wildman–Crippen MR) is 155 cm³/mol. The topological polar surface area (TPSA) is 48.8 Å². The van der Waals surface area contributed by atoms with Gasteiger partial charge in [0.15, 0.2) is 11.5 Å². The third-order valence-corrected chi connectivity index (χ3v) is 7.15. The highest BCUT2D eigenvalue weighted by Crippen LogP contribution is 2.32. The lowest BCUT2D eigenvalue weighted by molar-refractivity contribution is 0.170. The van der Waals surface area contributed by atoms with Crippen LogP contribution in [0.2, 0.25) is 0 Å². The molecular formula is C33H38FN3O3. The third-order valence-electron chi connectivity index (χ3n) is 7.15. The van der Waals surface area contributed by atoms with Crippen molar-refractivity contribution in [3.63, 3.8) is 0 Å². The first-order valence-corrected chi connectivity index (χ1v) is 14.2. The van der Waals surface area contributed by atoms with Crippen molar-refractivity contribution >= 4 is 0 Å². The Balaban J connectivity index is 1.50. The summed E-state index contributed by atoms with van der Waals surface area (Å²) >= 11 is 0. The summed E-state index contributed by atoms with van der Waals surface area (Å²) in [6.45, 7) is 10.2. The van der Waals surface area contributed by atoms with E-state index >= 15 is 4.39 Å². The summed E-state index contributed by atoms with van der Waals surface area (Å²) in [6, 6.07) is 22.2. The van der Waals surface area contributed by atoms with Crippen LogP contribution in [-0.2, 0) is 26.2 Å². The van der Waals surface area contributed by atoms with Gasteiger partial charge in [-0.05, 0) is 61.2 Å². The molecule has 0 aliphatic carbocycles.